The Hall–Kier alpha value is -2.92. The highest BCUT2D eigenvalue weighted by atomic mass is 35.5. The van der Waals surface area contributed by atoms with E-state index in [0.717, 1.165) is 19.3 Å². The van der Waals surface area contributed by atoms with E-state index in [1.165, 1.54) is 28.6 Å². The van der Waals surface area contributed by atoms with E-state index < -0.39 is 26.0 Å². The molecule has 0 unspecified atom stereocenters. The molecule has 36 heavy (non-hydrogen) atoms. The zero-order chi connectivity index (χ0) is 25.8. The number of piperidine rings is 1. The number of carbonyl (C=O) groups excluding carboxylic acids is 1. The van der Waals surface area contributed by atoms with Gasteiger partial charge in [-0.1, -0.05) is 30.2 Å². The van der Waals surface area contributed by atoms with Crippen molar-refractivity contribution in [2.45, 2.75) is 29.9 Å². The SMILES string of the molecule is O=C(Nc1ccc(S(=O)(=O)Nc2ccc(Cl)cc2)cc1)c1ccc(CS(=O)(=O)N2CCCCC2)cc1. The molecule has 0 saturated carbocycles. The highest BCUT2D eigenvalue weighted by Crippen LogP contribution is 2.21. The summed E-state index contributed by atoms with van der Waals surface area (Å²) in [7, 11) is -7.19. The van der Waals surface area contributed by atoms with Crippen LogP contribution in [0, 0.1) is 0 Å². The Morgan fingerprint density at radius 1 is 0.778 bits per heavy atom. The molecule has 0 aliphatic carbocycles. The van der Waals surface area contributed by atoms with Crippen LogP contribution in [0.2, 0.25) is 5.02 Å². The van der Waals surface area contributed by atoms with Gasteiger partial charge in [0.1, 0.15) is 0 Å². The fourth-order valence-corrected chi connectivity index (χ4v) is 6.65. The van der Waals surface area contributed by atoms with Crippen LogP contribution >= 0.6 is 11.6 Å². The zero-order valence-electron chi connectivity index (χ0n) is 19.4. The van der Waals surface area contributed by atoms with Gasteiger partial charge in [-0.05, 0) is 79.1 Å². The molecule has 0 aromatic heterocycles. The zero-order valence-corrected chi connectivity index (χ0v) is 21.7. The second-order valence-corrected chi connectivity index (χ2v) is 12.6. The minimum Gasteiger partial charge on any atom is -0.322 e. The van der Waals surface area contributed by atoms with Crippen LogP contribution < -0.4 is 10.0 Å². The Morgan fingerprint density at radius 2 is 1.36 bits per heavy atom. The maximum Gasteiger partial charge on any atom is 0.261 e. The molecule has 1 aliphatic heterocycles. The van der Waals surface area contributed by atoms with Crippen LogP contribution in [0.15, 0.2) is 77.7 Å². The molecular formula is C25H26ClN3O5S2. The van der Waals surface area contributed by atoms with Crippen LogP contribution in [0.3, 0.4) is 0 Å². The van der Waals surface area contributed by atoms with Crippen molar-refractivity contribution in [3.8, 4) is 0 Å². The van der Waals surface area contributed by atoms with E-state index in [1.807, 2.05) is 0 Å². The lowest BCUT2D eigenvalue weighted by molar-refractivity contribution is 0.102. The first kappa shape index (κ1) is 26.2. The summed E-state index contributed by atoms with van der Waals surface area (Å²) < 4.78 is 54.4. The summed E-state index contributed by atoms with van der Waals surface area (Å²) in [5, 5.41) is 3.21. The van der Waals surface area contributed by atoms with Gasteiger partial charge in [0.2, 0.25) is 10.0 Å². The third kappa shape index (κ3) is 6.64. The Kier molecular flexibility index (Phi) is 7.99. The van der Waals surface area contributed by atoms with Crippen molar-refractivity contribution in [3.63, 3.8) is 0 Å². The van der Waals surface area contributed by atoms with E-state index in [-0.39, 0.29) is 10.6 Å². The molecule has 1 fully saturated rings. The molecule has 1 heterocycles. The van der Waals surface area contributed by atoms with Crippen molar-refractivity contribution < 1.29 is 21.6 Å². The van der Waals surface area contributed by atoms with Gasteiger partial charge in [0.25, 0.3) is 15.9 Å². The number of hydrogen-bond acceptors (Lipinski definition) is 5. The first-order valence-electron chi connectivity index (χ1n) is 11.4. The molecule has 190 valence electrons. The first-order valence-corrected chi connectivity index (χ1v) is 14.9. The first-order chi connectivity index (χ1) is 17.1. The lowest BCUT2D eigenvalue weighted by atomic mass is 10.1. The van der Waals surface area contributed by atoms with Gasteiger partial charge in [-0.2, -0.15) is 0 Å². The number of anilines is 2. The number of benzene rings is 3. The van der Waals surface area contributed by atoms with Crippen molar-refractivity contribution >= 4 is 48.9 Å². The average molecular weight is 548 g/mol. The van der Waals surface area contributed by atoms with E-state index in [2.05, 4.69) is 10.0 Å². The van der Waals surface area contributed by atoms with Crippen molar-refractivity contribution in [2.24, 2.45) is 0 Å². The fourth-order valence-electron chi connectivity index (χ4n) is 3.85. The minimum atomic E-state index is -3.81. The summed E-state index contributed by atoms with van der Waals surface area (Å²) >= 11 is 5.83. The second-order valence-electron chi connectivity index (χ2n) is 8.50. The number of amides is 1. The Labute approximate surface area is 216 Å². The van der Waals surface area contributed by atoms with E-state index >= 15 is 0 Å². The Bertz CT molecular complexity index is 1420. The highest BCUT2D eigenvalue weighted by Gasteiger charge is 2.24. The minimum absolute atomic E-state index is 0.0368. The Morgan fingerprint density at radius 3 is 1.97 bits per heavy atom. The molecule has 2 N–H and O–H groups in total. The summed E-state index contributed by atoms with van der Waals surface area (Å²) in [4.78, 5) is 12.7. The van der Waals surface area contributed by atoms with Crippen molar-refractivity contribution in [1.29, 1.82) is 0 Å². The van der Waals surface area contributed by atoms with Gasteiger partial charge in [0.15, 0.2) is 0 Å². The fraction of sp³-hybridized carbons (Fsp3) is 0.240. The number of rotatable bonds is 8. The highest BCUT2D eigenvalue weighted by molar-refractivity contribution is 7.92. The maximum atomic E-state index is 12.6. The van der Waals surface area contributed by atoms with Crippen LogP contribution in [0.1, 0.15) is 35.2 Å². The predicted molar refractivity (Wildman–Crippen MR) is 141 cm³/mol. The molecule has 0 bridgehead atoms. The number of hydrogen-bond donors (Lipinski definition) is 2. The van der Waals surface area contributed by atoms with Crippen LogP contribution in [-0.2, 0) is 25.8 Å². The quantitative estimate of drug-likeness (QED) is 0.424. The van der Waals surface area contributed by atoms with Crippen molar-refractivity contribution in [1.82, 2.24) is 4.31 Å². The molecule has 1 aliphatic rings. The Balaban J connectivity index is 1.37. The molecule has 0 spiro atoms. The molecule has 1 amide bonds. The van der Waals surface area contributed by atoms with E-state index in [9.17, 15) is 21.6 Å². The van der Waals surface area contributed by atoms with E-state index in [1.54, 1.807) is 48.5 Å². The number of halogens is 1. The molecule has 0 radical (unpaired) electrons. The average Bonchev–Trinajstić information content (AvgIpc) is 2.86. The molecule has 1 saturated heterocycles. The van der Waals surface area contributed by atoms with Crippen molar-refractivity contribution in [2.75, 3.05) is 23.1 Å². The largest absolute Gasteiger partial charge is 0.322 e. The maximum absolute atomic E-state index is 12.6. The number of nitrogens with one attached hydrogen (secondary N) is 2. The topological polar surface area (TPSA) is 113 Å². The van der Waals surface area contributed by atoms with Gasteiger partial charge in [0.05, 0.1) is 10.6 Å². The van der Waals surface area contributed by atoms with Gasteiger partial charge in [-0.25, -0.2) is 21.1 Å². The predicted octanol–water partition coefficient (Wildman–Crippen LogP) is 4.71. The van der Waals surface area contributed by atoms with E-state index in [4.69, 9.17) is 11.6 Å². The molecule has 0 atom stereocenters. The van der Waals surface area contributed by atoms with Crippen LogP contribution in [0.25, 0.3) is 0 Å². The normalized spacial score (nSPS) is 14.8. The molecular weight excluding hydrogens is 522 g/mol. The van der Waals surface area contributed by atoms with Crippen LogP contribution in [0.5, 0.6) is 0 Å². The monoisotopic (exact) mass is 547 g/mol. The van der Waals surface area contributed by atoms with Gasteiger partial charge < -0.3 is 5.32 Å². The molecule has 11 heteroatoms. The van der Waals surface area contributed by atoms with Gasteiger partial charge in [0, 0.05) is 35.1 Å². The van der Waals surface area contributed by atoms with Crippen molar-refractivity contribution in [3.05, 3.63) is 88.9 Å². The van der Waals surface area contributed by atoms with E-state index in [0.29, 0.717) is 40.6 Å². The molecule has 3 aromatic rings. The van der Waals surface area contributed by atoms with Crippen LogP contribution in [-0.4, -0.2) is 40.1 Å². The summed E-state index contributed by atoms with van der Waals surface area (Å²) in [5.74, 6) is -0.495. The second kappa shape index (κ2) is 11.0. The third-order valence-corrected chi connectivity index (χ3v) is 9.29. The van der Waals surface area contributed by atoms with Gasteiger partial charge in [-0.3, -0.25) is 9.52 Å². The molecule has 8 nitrogen and oxygen atoms in total. The lowest BCUT2D eigenvalue weighted by Gasteiger charge is -2.25. The van der Waals surface area contributed by atoms with Gasteiger partial charge >= 0.3 is 0 Å². The van der Waals surface area contributed by atoms with Crippen LogP contribution in [0.4, 0.5) is 11.4 Å². The summed E-state index contributed by atoms with van der Waals surface area (Å²) in [6.45, 7) is 1.11. The number of carbonyl (C=O) groups is 1. The molecule has 4 rings (SSSR count). The standard InChI is InChI=1S/C25H26ClN3O5S2/c26-21-8-10-23(11-9-21)28-36(33,34)24-14-12-22(13-15-24)27-25(30)20-6-4-19(5-7-20)18-35(31,32)29-16-2-1-3-17-29/h4-15,28H,1-3,16-18H2,(H,27,30). The molecule has 3 aromatic carbocycles. The third-order valence-electron chi connectivity index (χ3n) is 5.79. The summed E-state index contributed by atoms with van der Waals surface area (Å²) in [5.41, 5.74) is 1.77. The number of sulfonamides is 2. The summed E-state index contributed by atoms with van der Waals surface area (Å²) in [6.07, 6.45) is 2.81. The lowest BCUT2D eigenvalue weighted by Crippen LogP contribution is -2.36. The number of nitrogens with zero attached hydrogens (tertiary/aromatic N) is 1. The van der Waals surface area contributed by atoms with Gasteiger partial charge in [-0.15, -0.1) is 0 Å². The summed E-state index contributed by atoms with van der Waals surface area (Å²) in [6, 6.07) is 18.5. The smallest absolute Gasteiger partial charge is 0.261 e.